The maximum atomic E-state index is 11.7. The second-order valence-corrected chi connectivity index (χ2v) is 12.1. The van der Waals surface area contributed by atoms with Crippen molar-refractivity contribution in [1.29, 1.82) is 0 Å². The van der Waals surface area contributed by atoms with E-state index in [0.717, 1.165) is 42.9 Å². The molecule has 5 heteroatoms. The van der Waals surface area contributed by atoms with Gasteiger partial charge < -0.3 is 18.9 Å². The lowest BCUT2D eigenvalue weighted by atomic mass is 9.47. The number of allylic oxidation sites excluding steroid dienone is 1. The van der Waals surface area contributed by atoms with Gasteiger partial charge in [-0.3, -0.25) is 4.79 Å². The summed E-state index contributed by atoms with van der Waals surface area (Å²) in [5.74, 6) is 3.73. The molecule has 0 aromatic carbocycles. The highest BCUT2D eigenvalue weighted by molar-refractivity contribution is 5.69. The summed E-state index contributed by atoms with van der Waals surface area (Å²) in [7, 11) is 3.20. The molecule has 0 unspecified atom stereocenters. The summed E-state index contributed by atoms with van der Waals surface area (Å²) in [6.07, 6.45) is 14.5. The normalized spacial score (nSPS) is 40.0. The SMILES string of the molecule is COCCOCO[C@H]1CC[C@@]2(C)C(=CC[C@H]3[C@@H]4CC[C@H]([C@H](C)CCC(=O)OC)[C@@]4(C)CC[C@@H]32)C1. The lowest BCUT2D eigenvalue weighted by molar-refractivity contribution is -0.141. The van der Waals surface area contributed by atoms with Crippen LogP contribution >= 0.6 is 0 Å². The van der Waals surface area contributed by atoms with Crippen LogP contribution < -0.4 is 0 Å². The fraction of sp³-hybridized carbons (Fsp3) is 0.897. The van der Waals surface area contributed by atoms with Gasteiger partial charge >= 0.3 is 5.97 Å². The number of rotatable bonds is 10. The lowest BCUT2D eigenvalue weighted by Gasteiger charge is -2.58. The summed E-state index contributed by atoms with van der Waals surface area (Å²) in [5, 5.41) is 0. The van der Waals surface area contributed by atoms with E-state index in [2.05, 4.69) is 26.8 Å². The van der Waals surface area contributed by atoms with Crippen molar-refractivity contribution in [3.63, 3.8) is 0 Å². The highest BCUT2D eigenvalue weighted by Gasteiger charge is 2.59. The molecule has 5 nitrogen and oxygen atoms in total. The van der Waals surface area contributed by atoms with Gasteiger partial charge in [0.15, 0.2) is 0 Å². The zero-order valence-electron chi connectivity index (χ0n) is 22.3. The van der Waals surface area contributed by atoms with E-state index in [-0.39, 0.29) is 5.97 Å². The third-order valence-electron chi connectivity index (χ3n) is 10.7. The molecule has 0 aliphatic heterocycles. The van der Waals surface area contributed by atoms with E-state index in [9.17, 15) is 4.79 Å². The first-order chi connectivity index (χ1) is 16.3. The molecule has 0 bridgehead atoms. The van der Waals surface area contributed by atoms with Crippen LogP contribution in [0.2, 0.25) is 0 Å². The molecule has 3 fully saturated rings. The first kappa shape index (κ1) is 26.2. The van der Waals surface area contributed by atoms with Crippen LogP contribution in [0.5, 0.6) is 0 Å². The largest absolute Gasteiger partial charge is 0.469 e. The number of fused-ring (bicyclic) bond motifs is 5. The van der Waals surface area contributed by atoms with Gasteiger partial charge in [0, 0.05) is 13.5 Å². The average Bonchev–Trinajstić information content (AvgIpc) is 3.19. The minimum absolute atomic E-state index is 0.0609. The number of carbonyl (C=O) groups is 1. The fourth-order valence-corrected chi connectivity index (χ4v) is 8.74. The third-order valence-corrected chi connectivity index (χ3v) is 10.7. The molecule has 0 heterocycles. The Kier molecular flexibility index (Phi) is 8.47. The molecule has 34 heavy (non-hydrogen) atoms. The minimum atomic E-state index is -0.0609. The molecular formula is C29H48O5. The van der Waals surface area contributed by atoms with Gasteiger partial charge in [0.2, 0.25) is 0 Å². The Labute approximate surface area is 207 Å². The van der Waals surface area contributed by atoms with Crippen molar-refractivity contribution < 1.29 is 23.7 Å². The second-order valence-electron chi connectivity index (χ2n) is 12.1. The van der Waals surface area contributed by atoms with Gasteiger partial charge in [-0.25, -0.2) is 0 Å². The van der Waals surface area contributed by atoms with Crippen LogP contribution in [-0.4, -0.2) is 46.3 Å². The Balaban J connectivity index is 1.39. The molecule has 0 aromatic rings. The van der Waals surface area contributed by atoms with E-state index in [0.29, 0.717) is 49.3 Å². The molecule has 194 valence electrons. The monoisotopic (exact) mass is 476 g/mol. The zero-order valence-corrected chi connectivity index (χ0v) is 22.3. The smallest absolute Gasteiger partial charge is 0.305 e. The fourth-order valence-electron chi connectivity index (χ4n) is 8.74. The Morgan fingerprint density at radius 2 is 1.91 bits per heavy atom. The van der Waals surface area contributed by atoms with Crippen LogP contribution in [0.15, 0.2) is 11.6 Å². The average molecular weight is 477 g/mol. The maximum absolute atomic E-state index is 11.7. The second kappa shape index (κ2) is 11.0. The van der Waals surface area contributed by atoms with Gasteiger partial charge in [-0.1, -0.05) is 32.4 Å². The van der Waals surface area contributed by atoms with Crippen molar-refractivity contribution >= 4 is 5.97 Å². The van der Waals surface area contributed by atoms with E-state index in [1.165, 1.54) is 45.6 Å². The van der Waals surface area contributed by atoms with Gasteiger partial charge in [0.25, 0.3) is 0 Å². The summed E-state index contributed by atoms with van der Waals surface area (Å²) in [6.45, 7) is 9.13. The Morgan fingerprint density at radius 3 is 2.68 bits per heavy atom. The predicted molar refractivity (Wildman–Crippen MR) is 133 cm³/mol. The molecule has 4 rings (SSSR count). The number of ether oxygens (including phenoxy) is 4. The molecule has 0 aromatic heterocycles. The van der Waals surface area contributed by atoms with Crippen molar-refractivity contribution in [3.8, 4) is 0 Å². The van der Waals surface area contributed by atoms with E-state index in [1.807, 2.05) is 0 Å². The molecule has 0 amide bonds. The molecule has 0 saturated heterocycles. The zero-order chi connectivity index (χ0) is 24.3. The quantitative estimate of drug-likeness (QED) is 0.164. The van der Waals surface area contributed by atoms with Gasteiger partial charge in [-0.2, -0.15) is 0 Å². The van der Waals surface area contributed by atoms with Gasteiger partial charge in [-0.15, -0.1) is 0 Å². The standard InChI is InChI=1S/C29H48O5/c1-20(6-11-27(30)32-5)24-9-10-25-23-8-7-21-18-22(34-19-33-17-16-31-4)12-14-28(21,2)26(23)13-15-29(24,25)3/h7,20,22-26H,6,8-19H2,1-5H3/t20-,22+,23+,24-,25+,26+,28+,29-/m1/s1. The van der Waals surface area contributed by atoms with Crippen LogP contribution in [0.25, 0.3) is 0 Å². The molecular weight excluding hydrogens is 428 g/mol. The maximum Gasteiger partial charge on any atom is 0.305 e. The summed E-state index contributed by atoms with van der Waals surface area (Å²) in [4.78, 5) is 11.7. The van der Waals surface area contributed by atoms with Crippen LogP contribution in [0.4, 0.5) is 0 Å². The summed E-state index contributed by atoms with van der Waals surface area (Å²) < 4.78 is 21.6. The van der Waals surface area contributed by atoms with Crippen molar-refractivity contribution in [3.05, 3.63) is 11.6 Å². The molecule has 4 aliphatic carbocycles. The Morgan fingerprint density at radius 1 is 1.09 bits per heavy atom. The third kappa shape index (κ3) is 4.99. The number of methoxy groups -OCH3 is 2. The number of hydrogen-bond acceptors (Lipinski definition) is 5. The van der Waals surface area contributed by atoms with Crippen molar-refractivity contribution in [2.75, 3.05) is 34.2 Å². The summed E-state index contributed by atoms with van der Waals surface area (Å²) in [6, 6.07) is 0. The minimum Gasteiger partial charge on any atom is -0.469 e. The molecule has 8 atom stereocenters. The van der Waals surface area contributed by atoms with Crippen LogP contribution in [0.1, 0.15) is 85.0 Å². The van der Waals surface area contributed by atoms with E-state index < -0.39 is 0 Å². The topological polar surface area (TPSA) is 54.0 Å². The molecule has 0 spiro atoms. The van der Waals surface area contributed by atoms with Gasteiger partial charge in [0.05, 0.1) is 26.4 Å². The Hall–Kier alpha value is -0.910. The number of carbonyl (C=O) groups excluding carboxylic acids is 1. The Bertz CT molecular complexity index is 734. The van der Waals surface area contributed by atoms with Crippen LogP contribution in [0, 0.1) is 40.4 Å². The van der Waals surface area contributed by atoms with E-state index in [4.69, 9.17) is 18.9 Å². The van der Waals surface area contributed by atoms with E-state index >= 15 is 0 Å². The number of esters is 1. The molecule has 0 radical (unpaired) electrons. The molecule has 3 saturated carbocycles. The lowest BCUT2D eigenvalue weighted by Crippen LogP contribution is -2.51. The van der Waals surface area contributed by atoms with Gasteiger partial charge in [0.1, 0.15) is 6.79 Å². The predicted octanol–water partition coefficient (Wildman–Crippen LogP) is 6.16. The van der Waals surface area contributed by atoms with Gasteiger partial charge in [-0.05, 0) is 98.2 Å². The number of hydrogen-bond donors (Lipinski definition) is 0. The van der Waals surface area contributed by atoms with Crippen molar-refractivity contribution in [2.45, 2.75) is 91.1 Å². The molecule has 4 aliphatic rings. The van der Waals surface area contributed by atoms with Crippen LogP contribution in [-0.2, 0) is 23.7 Å². The van der Waals surface area contributed by atoms with Crippen molar-refractivity contribution in [2.24, 2.45) is 40.4 Å². The highest BCUT2D eigenvalue weighted by atomic mass is 16.7. The van der Waals surface area contributed by atoms with E-state index in [1.54, 1.807) is 12.7 Å². The van der Waals surface area contributed by atoms with Crippen molar-refractivity contribution in [1.82, 2.24) is 0 Å². The highest BCUT2D eigenvalue weighted by Crippen LogP contribution is 2.67. The first-order valence-corrected chi connectivity index (χ1v) is 13.8. The van der Waals surface area contributed by atoms with Crippen LogP contribution in [0.3, 0.4) is 0 Å². The molecule has 0 N–H and O–H groups in total. The summed E-state index contributed by atoms with van der Waals surface area (Å²) in [5.41, 5.74) is 2.43. The first-order valence-electron chi connectivity index (χ1n) is 13.8. The summed E-state index contributed by atoms with van der Waals surface area (Å²) >= 11 is 0.